The number of hydrogen-bond acceptors (Lipinski definition) is 4. The van der Waals surface area contributed by atoms with Crippen molar-refractivity contribution in [2.75, 3.05) is 19.5 Å². The summed E-state index contributed by atoms with van der Waals surface area (Å²) in [7, 11) is 1.66. The second-order valence-corrected chi connectivity index (χ2v) is 4.70. The molecule has 0 radical (unpaired) electrons. The second kappa shape index (κ2) is 4.59. The molecule has 19 heavy (non-hydrogen) atoms. The maximum absolute atomic E-state index is 5.98. The van der Waals surface area contributed by atoms with Crippen LogP contribution >= 0.6 is 0 Å². The first kappa shape index (κ1) is 12.0. The van der Waals surface area contributed by atoms with Gasteiger partial charge in [-0.15, -0.1) is 5.10 Å². The van der Waals surface area contributed by atoms with Gasteiger partial charge in [0.15, 0.2) is 5.82 Å². The summed E-state index contributed by atoms with van der Waals surface area (Å²) < 4.78 is 12.8. The van der Waals surface area contributed by atoms with Gasteiger partial charge < -0.3 is 15.2 Å². The molecule has 0 amide bonds. The smallest absolute Gasteiger partial charge is 0.151 e. The van der Waals surface area contributed by atoms with E-state index in [0.29, 0.717) is 19.0 Å². The van der Waals surface area contributed by atoms with E-state index < -0.39 is 0 Å². The fourth-order valence-electron chi connectivity index (χ4n) is 2.43. The largest absolute Gasteiger partial charge is 0.494 e. The molecule has 1 aliphatic heterocycles. The average molecular weight is 259 g/mol. The molecule has 2 N–H and O–H groups in total. The van der Waals surface area contributed by atoms with Crippen LogP contribution in [0.25, 0.3) is 5.69 Å². The van der Waals surface area contributed by atoms with Crippen LogP contribution in [0.2, 0.25) is 0 Å². The van der Waals surface area contributed by atoms with E-state index in [1.54, 1.807) is 7.11 Å². The molecule has 100 valence electrons. The highest BCUT2D eigenvalue weighted by atomic mass is 16.5. The van der Waals surface area contributed by atoms with Crippen molar-refractivity contribution in [3.8, 4) is 11.4 Å². The minimum absolute atomic E-state index is 0.537. The number of nitrogens with two attached hydrogens (primary N) is 1. The number of ether oxygens (including phenoxy) is 2. The summed E-state index contributed by atoms with van der Waals surface area (Å²) >= 11 is 0. The highest BCUT2D eigenvalue weighted by Gasteiger charge is 2.22. The Balaban J connectivity index is 2.19. The maximum Gasteiger partial charge on any atom is 0.151 e. The Kier molecular flexibility index (Phi) is 2.91. The molecule has 0 atom stereocenters. The number of anilines is 1. The van der Waals surface area contributed by atoms with Gasteiger partial charge in [0.1, 0.15) is 11.4 Å². The van der Waals surface area contributed by atoms with Gasteiger partial charge in [-0.3, -0.25) is 0 Å². The van der Waals surface area contributed by atoms with E-state index >= 15 is 0 Å². The van der Waals surface area contributed by atoms with Gasteiger partial charge in [-0.2, -0.15) is 0 Å². The Labute approximate surface area is 111 Å². The normalized spacial score (nSPS) is 14.2. The summed E-state index contributed by atoms with van der Waals surface area (Å²) in [4.78, 5) is 0. The Morgan fingerprint density at radius 2 is 2.26 bits per heavy atom. The van der Waals surface area contributed by atoms with E-state index in [1.165, 1.54) is 0 Å². The molecule has 1 aromatic heterocycles. The zero-order valence-corrected chi connectivity index (χ0v) is 11.1. The van der Waals surface area contributed by atoms with Crippen LogP contribution in [0.3, 0.4) is 0 Å². The lowest BCUT2D eigenvalue weighted by Crippen LogP contribution is -2.13. The average Bonchev–Trinajstić information content (AvgIpc) is 2.77. The summed E-state index contributed by atoms with van der Waals surface area (Å²) in [5.74, 6) is 1.33. The van der Waals surface area contributed by atoms with Crippen molar-refractivity contribution in [2.24, 2.45) is 0 Å². The summed E-state index contributed by atoms with van der Waals surface area (Å²) in [6, 6.07) is 6.03. The van der Waals surface area contributed by atoms with Crippen LogP contribution in [-0.4, -0.2) is 23.5 Å². The minimum atomic E-state index is 0.537. The standard InChI is InChI=1S/C14H17N3O2/c1-9-3-4-13(18-2)12(7-9)17-11-5-6-19-8-10(11)14(15)16-17/h3-4,7H,5-6,8H2,1-2H3,(H2,15,16). The number of fused-ring (bicyclic) bond motifs is 1. The Bertz CT molecular complexity index is 619. The molecule has 0 spiro atoms. The zero-order chi connectivity index (χ0) is 13.4. The first-order valence-corrected chi connectivity index (χ1v) is 6.29. The summed E-state index contributed by atoms with van der Waals surface area (Å²) in [5.41, 5.74) is 10.2. The van der Waals surface area contributed by atoms with Crippen molar-refractivity contribution in [3.05, 3.63) is 35.0 Å². The van der Waals surface area contributed by atoms with E-state index in [-0.39, 0.29) is 0 Å². The van der Waals surface area contributed by atoms with Gasteiger partial charge in [-0.1, -0.05) is 6.07 Å². The lowest BCUT2D eigenvalue weighted by Gasteiger charge is -2.16. The highest BCUT2D eigenvalue weighted by molar-refractivity contribution is 5.53. The van der Waals surface area contributed by atoms with Gasteiger partial charge in [-0.25, -0.2) is 4.68 Å². The summed E-state index contributed by atoms with van der Waals surface area (Å²) in [6.45, 7) is 3.28. The van der Waals surface area contributed by atoms with Crippen LogP contribution in [0.15, 0.2) is 18.2 Å². The maximum atomic E-state index is 5.98. The number of aryl methyl sites for hydroxylation is 1. The molecule has 0 saturated carbocycles. The van der Waals surface area contributed by atoms with Crippen LogP contribution in [-0.2, 0) is 17.8 Å². The molecule has 5 nitrogen and oxygen atoms in total. The third-order valence-electron chi connectivity index (χ3n) is 3.41. The Morgan fingerprint density at radius 1 is 1.42 bits per heavy atom. The Hall–Kier alpha value is -2.01. The van der Waals surface area contributed by atoms with Crippen molar-refractivity contribution >= 4 is 5.82 Å². The third kappa shape index (κ3) is 1.96. The van der Waals surface area contributed by atoms with Gasteiger partial charge in [0.2, 0.25) is 0 Å². The number of methoxy groups -OCH3 is 1. The van der Waals surface area contributed by atoms with Crippen LogP contribution in [0.5, 0.6) is 5.75 Å². The first-order valence-electron chi connectivity index (χ1n) is 6.29. The van der Waals surface area contributed by atoms with Gasteiger partial charge in [0.05, 0.1) is 26.0 Å². The van der Waals surface area contributed by atoms with E-state index in [1.807, 2.05) is 23.7 Å². The van der Waals surface area contributed by atoms with Gasteiger partial charge >= 0.3 is 0 Å². The van der Waals surface area contributed by atoms with E-state index in [2.05, 4.69) is 11.2 Å². The third-order valence-corrected chi connectivity index (χ3v) is 3.41. The predicted octanol–water partition coefficient (Wildman–Crippen LogP) is 1.84. The first-order chi connectivity index (χ1) is 9.20. The molecule has 0 saturated heterocycles. The second-order valence-electron chi connectivity index (χ2n) is 4.70. The van der Waals surface area contributed by atoms with Crippen molar-refractivity contribution in [1.82, 2.24) is 9.78 Å². The Morgan fingerprint density at radius 3 is 3.05 bits per heavy atom. The highest BCUT2D eigenvalue weighted by Crippen LogP contribution is 2.30. The number of rotatable bonds is 2. The fraction of sp³-hybridized carbons (Fsp3) is 0.357. The molecule has 5 heteroatoms. The SMILES string of the molecule is COc1ccc(C)cc1-n1nc(N)c2c1CCOC2. The molecule has 0 aliphatic carbocycles. The van der Waals surface area contributed by atoms with Crippen LogP contribution in [0.1, 0.15) is 16.8 Å². The van der Waals surface area contributed by atoms with Crippen LogP contribution in [0, 0.1) is 6.92 Å². The summed E-state index contributed by atoms with van der Waals surface area (Å²) in [6.07, 6.45) is 0.816. The zero-order valence-electron chi connectivity index (χ0n) is 11.1. The number of aromatic nitrogens is 2. The lowest BCUT2D eigenvalue weighted by molar-refractivity contribution is 0.110. The van der Waals surface area contributed by atoms with E-state index in [4.69, 9.17) is 15.2 Å². The number of benzene rings is 1. The van der Waals surface area contributed by atoms with Crippen molar-refractivity contribution in [2.45, 2.75) is 20.0 Å². The molecule has 1 aliphatic rings. The lowest BCUT2D eigenvalue weighted by atomic mass is 10.1. The molecular weight excluding hydrogens is 242 g/mol. The minimum Gasteiger partial charge on any atom is -0.494 e. The molecule has 2 heterocycles. The monoisotopic (exact) mass is 259 g/mol. The van der Waals surface area contributed by atoms with Crippen molar-refractivity contribution in [1.29, 1.82) is 0 Å². The van der Waals surface area contributed by atoms with E-state index in [9.17, 15) is 0 Å². The fourth-order valence-corrected chi connectivity index (χ4v) is 2.43. The van der Waals surface area contributed by atoms with Crippen LogP contribution < -0.4 is 10.5 Å². The molecule has 0 unspecified atom stereocenters. The van der Waals surface area contributed by atoms with Crippen molar-refractivity contribution < 1.29 is 9.47 Å². The summed E-state index contributed by atoms with van der Waals surface area (Å²) in [5, 5.41) is 4.45. The predicted molar refractivity (Wildman–Crippen MR) is 72.6 cm³/mol. The molecular formula is C14H17N3O2. The number of nitrogen functional groups attached to an aromatic ring is 1. The molecule has 2 aromatic rings. The number of nitrogens with zero attached hydrogens (tertiary/aromatic N) is 2. The van der Waals surface area contributed by atoms with Crippen LogP contribution in [0.4, 0.5) is 5.82 Å². The number of hydrogen-bond donors (Lipinski definition) is 1. The van der Waals surface area contributed by atoms with Gasteiger partial charge in [0.25, 0.3) is 0 Å². The molecule has 3 rings (SSSR count). The molecule has 0 fully saturated rings. The van der Waals surface area contributed by atoms with Gasteiger partial charge in [0, 0.05) is 12.0 Å². The van der Waals surface area contributed by atoms with E-state index in [0.717, 1.165) is 34.7 Å². The molecule has 1 aromatic carbocycles. The van der Waals surface area contributed by atoms with Crippen molar-refractivity contribution in [3.63, 3.8) is 0 Å². The van der Waals surface area contributed by atoms with Gasteiger partial charge in [-0.05, 0) is 24.6 Å². The quantitative estimate of drug-likeness (QED) is 0.894. The topological polar surface area (TPSA) is 62.3 Å². The molecule has 0 bridgehead atoms.